The van der Waals surface area contributed by atoms with Crippen LogP contribution in [0.1, 0.15) is 33.3 Å². The molecule has 0 amide bonds. The third-order valence-corrected chi connectivity index (χ3v) is 4.67. The summed E-state index contributed by atoms with van der Waals surface area (Å²) in [5.41, 5.74) is 1.77. The first-order valence-corrected chi connectivity index (χ1v) is 8.88. The molecule has 0 N–H and O–H groups in total. The quantitative estimate of drug-likeness (QED) is 0.549. The van der Waals surface area contributed by atoms with Crippen LogP contribution in [0.2, 0.25) is 0 Å². The van der Waals surface area contributed by atoms with Crippen molar-refractivity contribution in [1.82, 2.24) is 0 Å². The van der Waals surface area contributed by atoms with Gasteiger partial charge in [-0.05, 0) is 29.3 Å². The maximum atomic E-state index is 12.3. The number of benzene rings is 2. The first-order valence-electron chi connectivity index (χ1n) is 7.90. The van der Waals surface area contributed by atoms with Crippen LogP contribution in [-0.4, -0.2) is 23.1 Å². The van der Waals surface area contributed by atoms with Crippen molar-refractivity contribution in [3.63, 3.8) is 0 Å². The Labute approximate surface area is 142 Å². The number of carbonyl (C=O) groups excluding carboxylic acids is 1. The summed E-state index contributed by atoms with van der Waals surface area (Å²) in [6, 6.07) is 14.4. The lowest BCUT2D eigenvalue weighted by molar-refractivity contribution is -0.138. The Kier molecular flexibility index (Phi) is 5.89. The smallest absolute Gasteiger partial charge is 0.334 e. The Bertz CT molecular complexity index is 706. The summed E-state index contributed by atoms with van der Waals surface area (Å²) in [5.74, 6) is 0.420. The average Bonchev–Trinajstić information content (AvgIpc) is 2.51. The van der Waals surface area contributed by atoms with Crippen molar-refractivity contribution in [2.24, 2.45) is 0 Å². The van der Waals surface area contributed by atoms with Crippen LogP contribution in [0.25, 0.3) is 16.8 Å². The number of hydrogen-bond donors (Lipinski definition) is 0. The van der Waals surface area contributed by atoms with Crippen LogP contribution in [0.5, 0.6) is 0 Å². The summed E-state index contributed by atoms with van der Waals surface area (Å²) in [6.07, 6.45) is 1.97. The van der Waals surface area contributed by atoms with Gasteiger partial charge in [-0.2, -0.15) is 11.8 Å². The summed E-state index contributed by atoms with van der Waals surface area (Å²) in [4.78, 5) is 12.3. The summed E-state index contributed by atoms with van der Waals surface area (Å²) in [5, 5.41) is 2.32. The molecule has 23 heavy (non-hydrogen) atoms. The molecule has 0 bridgehead atoms. The van der Waals surface area contributed by atoms with E-state index in [4.69, 9.17) is 4.74 Å². The van der Waals surface area contributed by atoms with Crippen LogP contribution < -0.4 is 0 Å². The summed E-state index contributed by atoms with van der Waals surface area (Å²) in [7, 11) is 0. The number of carbonyl (C=O) groups is 1. The molecule has 0 saturated carbocycles. The molecule has 0 fully saturated rings. The first kappa shape index (κ1) is 17.6. The molecule has 2 nitrogen and oxygen atoms in total. The minimum atomic E-state index is -0.225. The lowest BCUT2D eigenvalue weighted by atomic mass is 10.0. The van der Waals surface area contributed by atoms with E-state index in [1.54, 1.807) is 11.8 Å². The fourth-order valence-corrected chi connectivity index (χ4v) is 3.03. The Balaban J connectivity index is 2.39. The third-order valence-electron chi connectivity index (χ3n) is 3.35. The molecular weight excluding hydrogens is 304 g/mol. The van der Waals surface area contributed by atoms with Crippen molar-refractivity contribution in [2.75, 3.05) is 12.4 Å². The van der Waals surface area contributed by atoms with Gasteiger partial charge in [-0.15, -0.1) is 0 Å². The predicted octanol–water partition coefficient (Wildman–Crippen LogP) is 5.32. The van der Waals surface area contributed by atoms with Crippen molar-refractivity contribution in [2.45, 2.75) is 32.4 Å². The SMILES string of the molecule is CCOC(=O)C(=Cc1cccc2ccccc12)CSC(C)(C)C. The van der Waals surface area contributed by atoms with Gasteiger partial charge in [0, 0.05) is 16.1 Å². The van der Waals surface area contributed by atoms with Crippen molar-refractivity contribution < 1.29 is 9.53 Å². The molecule has 0 aliphatic heterocycles. The largest absolute Gasteiger partial charge is 0.463 e. The number of esters is 1. The second-order valence-electron chi connectivity index (χ2n) is 6.36. The standard InChI is InChI=1S/C20H24O2S/c1-5-22-19(21)17(14-23-20(2,3)4)13-16-11-8-10-15-9-6-7-12-18(15)16/h6-13H,5,14H2,1-4H3. The highest BCUT2D eigenvalue weighted by Crippen LogP contribution is 2.28. The zero-order valence-electron chi connectivity index (χ0n) is 14.3. The normalized spacial score (nSPS) is 12.4. The van der Waals surface area contributed by atoms with Gasteiger partial charge in [-0.25, -0.2) is 4.79 Å². The Hall–Kier alpha value is -1.74. The Morgan fingerprint density at radius 2 is 1.83 bits per heavy atom. The van der Waals surface area contributed by atoms with Crippen LogP contribution in [0, 0.1) is 0 Å². The van der Waals surface area contributed by atoms with Crippen LogP contribution in [0.4, 0.5) is 0 Å². The Morgan fingerprint density at radius 3 is 2.52 bits per heavy atom. The molecule has 2 aromatic carbocycles. The van der Waals surface area contributed by atoms with E-state index in [1.165, 1.54) is 5.39 Å². The van der Waals surface area contributed by atoms with Gasteiger partial charge in [-0.3, -0.25) is 0 Å². The van der Waals surface area contributed by atoms with Crippen molar-refractivity contribution >= 4 is 34.6 Å². The second kappa shape index (κ2) is 7.69. The fraction of sp³-hybridized carbons (Fsp3) is 0.350. The minimum Gasteiger partial charge on any atom is -0.463 e. The molecule has 0 aromatic heterocycles. The van der Waals surface area contributed by atoms with E-state index in [0.717, 1.165) is 10.9 Å². The van der Waals surface area contributed by atoms with Gasteiger partial charge in [0.1, 0.15) is 0 Å². The van der Waals surface area contributed by atoms with Crippen LogP contribution in [0.3, 0.4) is 0 Å². The number of rotatable bonds is 5. The van der Waals surface area contributed by atoms with Crippen molar-refractivity contribution in [3.8, 4) is 0 Å². The van der Waals surface area contributed by atoms with Gasteiger partial charge in [0.15, 0.2) is 0 Å². The average molecular weight is 328 g/mol. The summed E-state index contributed by atoms with van der Waals surface area (Å²) < 4.78 is 5.33. The molecule has 0 atom stereocenters. The van der Waals surface area contributed by atoms with Gasteiger partial charge in [0.25, 0.3) is 0 Å². The molecule has 0 saturated heterocycles. The highest BCUT2D eigenvalue weighted by Gasteiger charge is 2.17. The topological polar surface area (TPSA) is 26.3 Å². The van der Waals surface area contributed by atoms with Gasteiger partial charge in [0.05, 0.1) is 6.61 Å². The highest BCUT2D eigenvalue weighted by atomic mass is 32.2. The predicted molar refractivity (Wildman–Crippen MR) is 101 cm³/mol. The maximum absolute atomic E-state index is 12.3. The van der Waals surface area contributed by atoms with Gasteiger partial charge >= 0.3 is 5.97 Å². The van der Waals surface area contributed by atoms with E-state index in [-0.39, 0.29) is 10.7 Å². The van der Waals surface area contributed by atoms with Crippen LogP contribution in [-0.2, 0) is 9.53 Å². The molecule has 0 unspecified atom stereocenters. The number of thioether (sulfide) groups is 1. The molecule has 0 aliphatic carbocycles. The fourth-order valence-electron chi connectivity index (χ4n) is 2.24. The summed E-state index contributed by atoms with van der Waals surface area (Å²) in [6.45, 7) is 8.69. The van der Waals surface area contributed by atoms with E-state index in [2.05, 4.69) is 39.0 Å². The van der Waals surface area contributed by atoms with E-state index in [0.29, 0.717) is 17.9 Å². The van der Waals surface area contributed by atoms with E-state index < -0.39 is 0 Å². The van der Waals surface area contributed by atoms with Crippen LogP contribution in [0.15, 0.2) is 48.0 Å². The molecule has 122 valence electrons. The second-order valence-corrected chi connectivity index (χ2v) is 8.16. The highest BCUT2D eigenvalue weighted by molar-refractivity contribution is 8.00. The molecule has 3 heteroatoms. The number of hydrogen-bond acceptors (Lipinski definition) is 3. The lowest BCUT2D eigenvalue weighted by Gasteiger charge is -2.18. The van der Waals surface area contributed by atoms with E-state index in [1.807, 2.05) is 37.3 Å². The third kappa shape index (κ3) is 5.14. The number of fused-ring (bicyclic) bond motifs is 1. The zero-order chi connectivity index (χ0) is 16.9. The van der Waals surface area contributed by atoms with E-state index in [9.17, 15) is 4.79 Å². The molecule has 2 rings (SSSR count). The molecule has 0 aliphatic rings. The van der Waals surface area contributed by atoms with Gasteiger partial charge < -0.3 is 4.74 Å². The van der Waals surface area contributed by atoms with Gasteiger partial charge in [0.2, 0.25) is 0 Å². The molecule has 2 aromatic rings. The lowest BCUT2D eigenvalue weighted by Crippen LogP contribution is -2.14. The summed E-state index contributed by atoms with van der Waals surface area (Å²) >= 11 is 1.75. The number of ether oxygens (including phenoxy) is 1. The molecule has 0 heterocycles. The zero-order valence-corrected chi connectivity index (χ0v) is 15.1. The Morgan fingerprint density at radius 1 is 1.13 bits per heavy atom. The minimum absolute atomic E-state index is 0.102. The molecular formula is C20H24O2S. The van der Waals surface area contributed by atoms with Crippen molar-refractivity contribution in [3.05, 3.63) is 53.6 Å². The monoisotopic (exact) mass is 328 g/mol. The molecule has 0 spiro atoms. The van der Waals surface area contributed by atoms with E-state index >= 15 is 0 Å². The maximum Gasteiger partial charge on any atom is 0.334 e. The van der Waals surface area contributed by atoms with Crippen molar-refractivity contribution in [1.29, 1.82) is 0 Å². The first-order chi connectivity index (χ1) is 10.9. The van der Waals surface area contributed by atoms with Gasteiger partial charge in [-0.1, -0.05) is 63.2 Å². The molecule has 0 radical (unpaired) electrons. The van der Waals surface area contributed by atoms with Crippen LogP contribution >= 0.6 is 11.8 Å².